The van der Waals surface area contributed by atoms with E-state index in [1.807, 2.05) is 30.3 Å². The number of hydrogen-bond acceptors (Lipinski definition) is 6. The molecule has 1 aliphatic heterocycles. The normalized spacial score (nSPS) is 12.5. The smallest absolute Gasteiger partial charge is 0.343 e. The molecule has 0 spiro atoms. The van der Waals surface area contributed by atoms with Crippen molar-refractivity contribution in [1.82, 2.24) is 9.97 Å². The Morgan fingerprint density at radius 2 is 1.93 bits per heavy atom. The van der Waals surface area contributed by atoms with Gasteiger partial charge >= 0.3 is 5.97 Å². The Labute approximate surface area is 176 Å². The van der Waals surface area contributed by atoms with Gasteiger partial charge in [0, 0.05) is 25.0 Å². The summed E-state index contributed by atoms with van der Waals surface area (Å²) in [6.07, 6.45) is 4.41. The van der Waals surface area contributed by atoms with Gasteiger partial charge in [0.05, 0.1) is 6.61 Å². The van der Waals surface area contributed by atoms with E-state index in [2.05, 4.69) is 39.5 Å². The van der Waals surface area contributed by atoms with E-state index in [1.165, 1.54) is 11.1 Å². The minimum atomic E-state index is -0.406. The summed E-state index contributed by atoms with van der Waals surface area (Å²) >= 11 is 0. The summed E-state index contributed by atoms with van der Waals surface area (Å²) in [7, 11) is 0. The first kappa shape index (κ1) is 19.9. The average molecular weight is 402 g/mol. The fraction of sp³-hybridized carbons (Fsp3) is 0.292. The maximum absolute atomic E-state index is 12.4. The Morgan fingerprint density at radius 1 is 1.13 bits per heavy atom. The van der Waals surface area contributed by atoms with Crippen LogP contribution in [0.25, 0.3) is 0 Å². The van der Waals surface area contributed by atoms with Gasteiger partial charge in [-0.05, 0) is 43.4 Å². The number of nitrogens with zero attached hydrogens (tertiary/aromatic N) is 3. The zero-order chi connectivity index (χ0) is 20.8. The SMILES string of the molecule is CCOC(=O)c1cnc(N2CCc3ccccc32)nc1NCCCc1ccccc1. The van der Waals surface area contributed by atoms with E-state index in [0.29, 0.717) is 30.5 Å². The van der Waals surface area contributed by atoms with Crippen molar-refractivity contribution < 1.29 is 9.53 Å². The van der Waals surface area contributed by atoms with Crippen LogP contribution >= 0.6 is 0 Å². The van der Waals surface area contributed by atoms with Gasteiger partial charge in [-0.25, -0.2) is 9.78 Å². The van der Waals surface area contributed by atoms with Crippen LogP contribution in [-0.2, 0) is 17.6 Å². The summed E-state index contributed by atoms with van der Waals surface area (Å²) in [6, 6.07) is 18.6. The number of esters is 1. The topological polar surface area (TPSA) is 67.3 Å². The van der Waals surface area contributed by atoms with Crippen LogP contribution < -0.4 is 10.2 Å². The summed E-state index contributed by atoms with van der Waals surface area (Å²) in [5.74, 6) is 0.714. The molecule has 0 amide bonds. The third-order valence-electron chi connectivity index (χ3n) is 5.18. The molecule has 6 nitrogen and oxygen atoms in total. The lowest BCUT2D eigenvalue weighted by Crippen LogP contribution is -2.20. The van der Waals surface area contributed by atoms with Crippen LogP contribution in [0.4, 0.5) is 17.5 Å². The van der Waals surface area contributed by atoms with Crippen LogP contribution in [0.3, 0.4) is 0 Å². The number of aromatic nitrogens is 2. The lowest BCUT2D eigenvalue weighted by molar-refractivity contribution is 0.0526. The molecule has 0 radical (unpaired) electrons. The van der Waals surface area contributed by atoms with Crippen molar-refractivity contribution in [2.45, 2.75) is 26.2 Å². The first-order valence-corrected chi connectivity index (χ1v) is 10.4. The summed E-state index contributed by atoms with van der Waals surface area (Å²) in [4.78, 5) is 23.7. The predicted molar refractivity (Wildman–Crippen MR) is 118 cm³/mol. The van der Waals surface area contributed by atoms with Crippen LogP contribution in [0.15, 0.2) is 60.8 Å². The molecule has 2 aromatic carbocycles. The van der Waals surface area contributed by atoms with Gasteiger partial charge in [0.2, 0.25) is 5.95 Å². The van der Waals surface area contributed by atoms with Crippen molar-refractivity contribution in [3.8, 4) is 0 Å². The molecule has 4 rings (SSSR count). The second-order valence-electron chi connectivity index (χ2n) is 7.20. The van der Waals surface area contributed by atoms with Gasteiger partial charge in [-0.15, -0.1) is 0 Å². The fourth-order valence-electron chi connectivity index (χ4n) is 3.69. The van der Waals surface area contributed by atoms with E-state index in [0.717, 1.165) is 31.5 Å². The third kappa shape index (κ3) is 4.43. The number of aryl methyl sites for hydroxylation is 1. The number of ether oxygens (including phenoxy) is 1. The number of anilines is 3. The first-order chi connectivity index (χ1) is 14.8. The zero-order valence-corrected chi connectivity index (χ0v) is 17.2. The van der Waals surface area contributed by atoms with Crippen LogP contribution in [0.2, 0.25) is 0 Å². The highest BCUT2D eigenvalue weighted by molar-refractivity contribution is 5.94. The summed E-state index contributed by atoms with van der Waals surface area (Å²) in [5, 5.41) is 3.33. The Hall–Kier alpha value is -3.41. The van der Waals surface area contributed by atoms with E-state index < -0.39 is 5.97 Å². The number of fused-ring (bicyclic) bond motifs is 1. The summed E-state index contributed by atoms with van der Waals surface area (Å²) in [5.41, 5.74) is 4.07. The molecule has 154 valence electrons. The summed E-state index contributed by atoms with van der Waals surface area (Å²) in [6.45, 7) is 3.63. The minimum Gasteiger partial charge on any atom is -0.462 e. The molecule has 30 heavy (non-hydrogen) atoms. The maximum Gasteiger partial charge on any atom is 0.343 e. The van der Waals surface area contributed by atoms with Crippen LogP contribution in [-0.4, -0.2) is 35.6 Å². The highest BCUT2D eigenvalue weighted by atomic mass is 16.5. The van der Waals surface area contributed by atoms with E-state index in [4.69, 9.17) is 9.72 Å². The molecule has 0 aliphatic carbocycles. The van der Waals surface area contributed by atoms with Gasteiger partial charge in [-0.2, -0.15) is 4.98 Å². The van der Waals surface area contributed by atoms with Crippen molar-refractivity contribution in [1.29, 1.82) is 0 Å². The molecule has 0 atom stereocenters. The largest absolute Gasteiger partial charge is 0.462 e. The predicted octanol–water partition coefficient (Wildman–Crippen LogP) is 4.39. The lowest BCUT2D eigenvalue weighted by atomic mass is 10.1. The van der Waals surface area contributed by atoms with Gasteiger partial charge in [0.1, 0.15) is 11.4 Å². The zero-order valence-electron chi connectivity index (χ0n) is 17.2. The molecule has 1 N–H and O–H groups in total. The fourth-order valence-corrected chi connectivity index (χ4v) is 3.69. The lowest BCUT2D eigenvalue weighted by Gasteiger charge is -2.19. The van der Waals surface area contributed by atoms with Crippen molar-refractivity contribution in [2.75, 3.05) is 29.9 Å². The molecule has 3 aromatic rings. The first-order valence-electron chi connectivity index (χ1n) is 10.4. The molecule has 0 saturated heterocycles. The van der Waals surface area contributed by atoms with Gasteiger partial charge in [-0.1, -0.05) is 48.5 Å². The molecule has 0 fully saturated rings. The van der Waals surface area contributed by atoms with Gasteiger partial charge in [0.25, 0.3) is 0 Å². The number of para-hydroxylation sites is 1. The monoisotopic (exact) mass is 402 g/mol. The van der Waals surface area contributed by atoms with E-state index in [9.17, 15) is 4.79 Å². The Balaban J connectivity index is 1.52. The second-order valence-corrected chi connectivity index (χ2v) is 7.20. The van der Waals surface area contributed by atoms with Crippen molar-refractivity contribution in [3.63, 3.8) is 0 Å². The van der Waals surface area contributed by atoms with E-state index in [-0.39, 0.29) is 0 Å². The van der Waals surface area contributed by atoms with Crippen LogP contribution in [0.1, 0.15) is 34.8 Å². The Kier molecular flexibility index (Phi) is 6.23. The average Bonchev–Trinajstić information content (AvgIpc) is 3.22. The molecule has 0 saturated carbocycles. The number of carbonyl (C=O) groups is 1. The number of hydrogen-bond donors (Lipinski definition) is 1. The van der Waals surface area contributed by atoms with Crippen LogP contribution in [0, 0.1) is 0 Å². The Bertz CT molecular complexity index is 1010. The maximum atomic E-state index is 12.4. The molecule has 0 bridgehead atoms. The van der Waals surface area contributed by atoms with E-state index in [1.54, 1.807) is 13.1 Å². The molecular formula is C24H26N4O2. The molecule has 2 heterocycles. The van der Waals surface area contributed by atoms with Crippen molar-refractivity contribution in [3.05, 3.63) is 77.5 Å². The number of nitrogens with one attached hydrogen (secondary N) is 1. The highest BCUT2D eigenvalue weighted by Gasteiger charge is 2.24. The van der Waals surface area contributed by atoms with Gasteiger partial charge in [-0.3, -0.25) is 0 Å². The minimum absolute atomic E-state index is 0.313. The van der Waals surface area contributed by atoms with Gasteiger partial charge < -0.3 is 15.0 Å². The molecule has 0 unspecified atom stereocenters. The Morgan fingerprint density at radius 3 is 2.77 bits per heavy atom. The quantitative estimate of drug-likeness (QED) is 0.445. The number of carbonyl (C=O) groups excluding carboxylic acids is 1. The van der Waals surface area contributed by atoms with Crippen molar-refractivity contribution >= 4 is 23.4 Å². The molecular weight excluding hydrogens is 376 g/mol. The molecule has 6 heteroatoms. The van der Waals surface area contributed by atoms with Gasteiger partial charge in [0.15, 0.2) is 0 Å². The molecule has 1 aromatic heterocycles. The highest BCUT2D eigenvalue weighted by Crippen LogP contribution is 2.33. The van der Waals surface area contributed by atoms with E-state index >= 15 is 0 Å². The standard InChI is InChI=1S/C24H26N4O2/c1-2-30-23(29)20-17-26-24(28-16-14-19-12-6-7-13-21(19)28)27-22(20)25-15-8-11-18-9-4-3-5-10-18/h3-7,9-10,12-13,17H,2,8,11,14-16H2,1H3,(H,25,26,27). The van der Waals surface area contributed by atoms with Crippen LogP contribution in [0.5, 0.6) is 0 Å². The second kappa shape index (κ2) is 9.39. The third-order valence-corrected chi connectivity index (χ3v) is 5.18. The molecule has 1 aliphatic rings. The number of rotatable bonds is 8. The summed E-state index contributed by atoms with van der Waals surface area (Å²) < 4.78 is 5.19. The van der Waals surface area contributed by atoms with Crippen molar-refractivity contribution in [2.24, 2.45) is 0 Å². The number of benzene rings is 2.